The average molecular weight is 279 g/mol. The minimum Gasteiger partial charge on any atom is -0.377 e. The number of primary amides is 1. The second kappa shape index (κ2) is 6.88. The minimum absolute atomic E-state index is 0.114. The highest BCUT2D eigenvalue weighted by atomic mass is 16.6. The van der Waals surface area contributed by atoms with Crippen LogP contribution in [0.4, 0.5) is 11.4 Å². The molecule has 1 aromatic rings. The van der Waals surface area contributed by atoms with Crippen LogP contribution in [-0.4, -0.2) is 16.9 Å². The highest BCUT2D eigenvalue weighted by Crippen LogP contribution is 2.27. The van der Waals surface area contributed by atoms with E-state index in [1.165, 1.54) is 18.2 Å². The predicted octanol–water partition coefficient (Wildman–Crippen LogP) is 2.93. The summed E-state index contributed by atoms with van der Waals surface area (Å²) in [5, 5.41) is 14.2. The number of carbonyl (C=O) groups is 1. The molecule has 0 aliphatic heterocycles. The highest BCUT2D eigenvalue weighted by Gasteiger charge is 2.18. The first-order valence-electron chi connectivity index (χ1n) is 6.69. The van der Waals surface area contributed by atoms with Crippen LogP contribution in [-0.2, 0) is 0 Å². The maximum absolute atomic E-state index is 11.1. The quantitative estimate of drug-likeness (QED) is 0.592. The van der Waals surface area contributed by atoms with E-state index in [0.717, 1.165) is 12.8 Å². The first kappa shape index (κ1) is 15.9. The zero-order valence-electron chi connectivity index (χ0n) is 12.1. The van der Waals surface area contributed by atoms with Crippen molar-refractivity contribution in [2.75, 3.05) is 5.32 Å². The zero-order chi connectivity index (χ0) is 15.3. The molecule has 0 aromatic heterocycles. The number of nitro groups is 1. The summed E-state index contributed by atoms with van der Waals surface area (Å²) in [4.78, 5) is 21.6. The van der Waals surface area contributed by atoms with Crippen LogP contribution in [0.1, 0.15) is 44.0 Å². The molecule has 2 unspecified atom stereocenters. The lowest BCUT2D eigenvalue weighted by Crippen LogP contribution is -2.19. The van der Waals surface area contributed by atoms with Gasteiger partial charge in [-0.3, -0.25) is 14.9 Å². The molecule has 0 bridgehead atoms. The number of nitrogens with zero attached hydrogens (tertiary/aromatic N) is 1. The fourth-order valence-electron chi connectivity index (χ4n) is 2.05. The van der Waals surface area contributed by atoms with Gasteiger partial charge in [0.1, 0.15) is 5.69 Å². The summed E-state index contributed by atoms with van der Waals surface area (Å²) in [6.45, 7) is 6.24. The Morgan fingerprint density at radius 2 is 2.10 bits per heavy atom. The van der Waals surface area contributed by atoms with Crippen molar-refractivity contribution in [2.24, 2.45) is 11.7 Å². The van der Waals surface area contributed by atoms with Crippen molar-refractivity contribution in [3.63, 3.8) is 0 Å². The molecule has 1 rings (SSSR count). The summed E-state index contributed by atoms with van der Waals surface area (Å²) in [6, 6.07) is 4.35. The smallest absolute Gasteiger partial charge is 0.293 e. The summed E-state index contributed by atoms with van der Waals surface area (Å²) in [5.41, 5.74) is 5.56. The van der Waals surface area contributed by atoms with E-state index >= 15 is 0 Å². The summed E-state index contributed by atoms with van der Waals surface area (Å²) < 4.78 is 0. The topological polar surface area (TPSA) is 98.3 Å². The standard InChI is InChI=1S/C14H21N3O3/c1-4-9(2)7-10(3)16-12-6-5-11(14(15)18)8-13(12)17(19)20/h5-6,8-10,16H,4,7H2,1-3H3,(H2,15,18). The fraction of sp³-hybridized carbons (Fsp3) is 0.500. The van der Waals surface area contributed by atoms with Crippen molar-refractivity contribution in [1.29, 1.82) is 0 Å². The number of nitrogens with one attached hydrogen (secondary N) is 1. The van der Waals surface area contributed by atoms with E-state index in [1.807, 2.05) is 6.92 Å². The van der Waals surface area contributed by atoms with Crippen LogP contribution in [0.3, 0.4) is 0 Å². The van der Waals surface area contributed by atoms with Gasteiger partial charge in [0.15, 0.2) is 0 Å². The van der Waals surface area contributed by atoms with Gasteiger partial charge in [0.2, 0.25) is 5.91 Å². The van der Waals surface area contributed by atoms with Crippen LogP contribution in [0.2, 0.25) is 0 Å². The lowest BCUT2D eigenvalue weighted by atomic mass is 10.00. The van der Waals surface area contributed by atoms with Crippen molar-refractivity contribution in [3.8, 4) is 0 Å². The monoisotopic (exact) mass is 279 g/mol. The predicted molar refractivity (Wildman–Crippen MR) is 78.8 cm³/mol. The van der Waals surface area contributed by atoms with Crippen LogP contribution >= 0.6 is 0 Å². The molecule has 0 fully saturated rings. The number of benzene rings is 1. The lowest BCUT2D eigenvalue weighted by molar-refractivity contribution is -0.384. The Morgan fingerprint density at radius 3 is 2.60 bits per heavy atom. The van der Waals surface area contributed by atoms with Gasteiger partial charge in [-0.15, -0.1) is 0 Å². The van der Waals surface area contributed by atoms with Gasteiger partial charge < -0.3 is 11.1 Å². The van der Waals surface area contributed by atoms with E-state index in [2.05, 4.69) is 19.2 Å². The van der Waals surface area contributed by atoms with Gasteiger partial charge >= 0.3 is 0 Å². The molecule has 0 radical (unpaired) electrons. The number of amides is 1. The molecule has 0 saturated carbocycles. The van der Waals surface area contributed by atoms with Crippen molar-refractivity contribution in [3.05, 3.63) is 33.9 Å². The van der Waals surface area contributed by atoms with E-state index in [0.29, 0.717) is 11.6 Å². The van der Waals surface area contributed by atoms with E-state index in [9.17, 15) is 14.9 Å². The van der Waals surface area contributed by atoms with Crippen LogP contribution in [0.15, 0.2) is 18.2 Å². The number of nitro benzene ring substituents is 1. The van der Waals surface area contributed by atoms with Crippen LogP contribution in [0.25, 0.3) is 0 Å². The van der Waals surface area contributed by atoms with Crippen molar-refractivity contribution in [2.45, 2.75) is 39.7 Å². The number of carbonyl (C=O) groups excluding carboxylic acids is 1. The summed E-state index contributed by atoms with van der Waals surface area (Å²) in [5.74, 6) is -0.131. The Balaban J connectivity index is 2.94. The van der Waals surface area contributed by atoms with E-state index in [1.54, 1.807) is 0 Å². The van der Waals surface area contributed by atoms with Crippen molar-refractivity contribution in [1.82, 2.24) is 0 Å². The van der Waals surface area contributed by atoms with Gasteiger partial charge in [-0.2, -0.15) is 0 Å². The number of anilines is 1. The van der Waals surface area contributed by atoms with Crippen molar-refractivity contribution < 1.29 is 9.72 Å². The van der Waals surface area contributed by atoms with E-state index < -0.39 is 10.8 Å². The number of hydrogen-bond acceptors (Lipinski definition) is 4. The molecule has 1 aromatic carbocycles. The summed E-state index contributed by atoms with van der Waals surface area (Å²) in [6.07, 6.45) is 1.99. The molecule has 0 saturated heterocycles. The molecular weight excluding hydrogens is 258 g/mol. The van der Waals surface area contributed by atoms with E-state index in [4.69, 9.17) is 5.73 Å². The third kappa shape index (κ3) is 4.22. The molecule has 0 aliphatic carbocycles. The second-order valence-corrected chi connectivity index (χ2v) is 5.15. The zero-order valence-corrected chi connectivity index (χ0v) is 12.1. The molecule has 6 nitrogen and oxygen atoms in total. The number of hydrogen-bond donors (Lipinski definition) is 2. The van der Waals surface area contributed by atoms with Gasteiger partial charge in [0, 0.05) is 17.7 Å². The molecule has 6 heteroatoms. The van der Waals surface area contributed by atoms with Gasteiger partial charge in [-0.05, 0) is 31.4 Å². The van der Waals surface area contributed by atoms with Gasteiger partial charge in [0.05, 0.1) is 4.92 Å². The normalized spacial score (nSPS) is 13.6. The van der Waals surface area contributed by atoms with Gasteiger partial charge in [-0.1, -0.05) is 20.3 Å². The molecule has 110 valence electrons. The van der Waals surface area contributed by atoms with Crippen LogP contribution < -0.4 is 11.1 Å². The molecule has 0 aliphatic rings. The fourth-order valence-corrected chi connectivity index (χ4v) is 2.05. The minimum atomic E-state index is -0.674. The third-order valence-electron chi connectivity index (χ3n) is 3.33. The van der Waals surface area contributed by atoms with Crippen LogP contribution in [0.5, 0.6) is 0 Å². The maximum Gasteiger partial charge on any atom is 0.293 e. The third-order valence-corrected chi connectivity index (χ3v) is 3.33. The molecular formula is C14H21N3O3. The van der Waals surface area contributed by atoms with Crippen LogP contribution in [0, 0.1) is 16.0 Å². The lowest BCUT2D eigenvalue weighted by Gasteiger charge is -2.18. The second-order valence-electron chi connectivity index (χ2n) is 5.15. The maximum atomic E-state index is 11.1. The Bertz CT molecular complexity index is 502. The Kier molecular flexibility index (Phi) is 5.49. The summed E-state index contributed by atoms with van der Waals surface area (Å²) in [7, 11) is 0. The first-order chi connectivity index (χ1) is 9.35. The number of nitrogens with two attached hydrogens (primary N) is 1. The molecule has 2 atom stereocenters. The number of rotatable bonds is 7. The molecule has 20 heavy (non-hydrogen) atoms. The largest absolute Gasteiger partial charge is 0.377 e. The molecule has 3 N–H and O–H groups in total. The Labute approximate surface area is 118 Å². The molecule has 1 amide bonds. The highest BCUT2D eigenvalue weighted by molar-refractivity contribution is 5.94. The summed E-state index contributed by atoms with van der Waals surface area (Å²) >= 11 is 0. The van der Waals surface area contributed by atoms with Gasteiger partial charge in [-0.25, -0.2) is 0 Å². The Morgan fingerprint density at radius 1 is 1.45 bits per heavy atom. The van der Waals surface area contributed by atoms with Gasteiger partial charge in [0.25, 0.3) is 5.69 Å². The average Bonchev–Trinajstić information content (AvgIpc) is 2.38. The molecule has 0 spiro atoms. The SMILES string of the molecule is CCC(C)CC(C)Nc1ccc(C(N)=O)cc1[N+](=O)[O-]. The van der Waals surface area contributed by atoms with Crippen molar-refractivity contribution >= 4 is 17.3 Å². The van der Waals surface area contributed by atoms with E-state index in [-0.39, 0.29) is 17.3 Å². The Hall–Kier alpha value is -2.11. The molecule has 0 heterocycles. The first-order valence-corrected chi connectivity index (χ1v) is 6.69.